The lowest BCUT2D eigenvalue weighted by Gasteiger charge is -2.29. The molecule has 0 aromatic heterocycles. The lowest BCUT2D eigenvalue weighted by molar-refractivity contribution is -0.109. The summed E-state index contributed by atoms with van der Waals surface area (Å²) in [6.45, 7) is 8.85. The van der Waals surface area contributed by atoms with Crippen molar-refractivity contribution in [3.05, 3.63) is 0 Å². The molecule has 0 aliphatic heterocycles. The maximum atomic E-state index is 10.4. The molecule has 0 spiro atoms. The summed E-state index contributed by atoms with van der Waals surface area (Å²) in [7, 11) is 0. The van der Waals surface area contributed by atoms with Crippen molar-refractivity contribution in [3.63, 3.8) is 0 Å². The average Bonchev–Trinajstić information content (AvgIpc) is 1.95. The van der Waals surface area contributed by atoms with E-state index in [0.717, 1.165) is 12.7 Å². The van der Waals surface area contributed by atoms with Crippen molar-refractivity contribution in [1.29, 1.82) is 0 Å². The molecule has 0 saturated carbocycles. The molecule has 72 valence electrons. The van der Waals surface area contributed by atoms with Crippen LogP contribution in [0.2, 0.25) is 0 Å². The first-order valence-electron chi connectivity index (χ1n) is 4.96. The fourth-order valence-electron chi connectivity index (χ4n) is 1.47. The first kappa shape index (κ1) is 11.7. The van der Waals surface area contributed by atoms with Gasteiger partial charge in [-0.2, -0.15) is 0 Å². The Balaban J connectivity index is 3.94. The monoisotopic (exact) mass is 170 g/mol. The second kappa shape index (κ2) is 5.34. The van der Waals surface area contributed by atoms with Crippen LogP contribution in [0, 0.1) is 11.3 Å². The van der Waals surface area contributed by atoms with Crippen molar-refractivity contribution >= 4 is 6.29 Å². The Hall–Kier alpha value is -0.330. The molecule has 0 aromatic rings. The molecular weight excluding hydrogens is 148 g/mol. The van der Waals surface area contributed by atoms with Crippen LogP contribution in [0.1, 0.15) is 53.4 Å². The van der Waals surface area contributed by atoms with Crippen LogP contribution in [-0.2, 0) is 4.79 Å². The van der Waals surface area contributed by atoms with Crippen LogP contribution in [0.25, 0.3) is 0 Å². The third-order valence-electron chi connectivity index (χ3n) is 2.51. The van der Waals surface area contributed by atoms with Crippen molar-refractivity contribution in [2.24, 2.45) is 11.3 Å². The zero-order valence-electron chi connectivity index (χ0n) is 8.89. The third kappa shape index (κ3) is 4.53. The topological polar surface area (TPSA) is 17.1 Å². The Morgan fingerprint density at radius 2 is 1.92 bits per heavy atom. The van der Waals surface area contributed by atoms with Crippen molar-refractivity contribution in [3.8, 4) is 0 Å². The summed E-state index contributed by atoms with van der Waals surface area (Å²) in [4.78, 5) is 10.4. The van der Waals surface area contributed by atoms with Gasteiger partial charge in [-0.05, 0) is 17.8 Å². The van der Waals surface area contributed by atoms with E-state index in [4.69, 9.17) is 0 Å². The summed E-state index contributed by atoms with van der Waals surface area (Å²) in [5.74, 6) is 0.565. The van der Waals surface area contributed by atoms with E-state index in [9.17, 15) is 4.79 Å². The molecule has 0 amide bonds. The van der Waals surface area contributed by atoms with E-state index < -0.39 is 0 Å². The molecule has 0 rings (SSSR count). The van der Waals surface area contributed by atoms with Gasteiger partial charge in [0.1, 0.15) is 6.29 Å². The Bertz CT molecular complexity index is 121. The predicted molar refractivity (Wildman–Crippen MR) is 53.2 cm³/mol. The van der Waals surface area contributed by atoms with Crippen molar-refractivity contribution < 1.29 is 4.79 Å². The van der Waals surface area contributed by atoms with Crippen LogP contribution in [0.3, 0.4) is 0 Å². The summed E-state index contributed by atoms with van der Waals surface area (Å²) < 4.78 is 0. The largest absolute Gasteiger partial charge is 0.303 e. The number of carbonyl (C=O) groups is 1. The smallest absolute Gasteiger partial charge is 0.120 e. The number of rotatable bonds is 5. The van der Waals surface area contributed by atoms with E-state index in [1.54, 1.807) is 0 Å². The number of hydrogen-bond acceptors (Lipinski definition) is 1. The Labute approximate surface area is 76.6 Å². The molecule has 0 radical (unpaired) electrons. The van der Waals surface area contributed by atoms with Gasteiger partial charge in [0, 0.05) is 6.42 Å². The van der Waals surface area contributed by atoms with Gasteiger partial charge < -0.3 is 4.79 Å². The SMILES string of the molecule is CCCCC(CC=O)C(C)(C)C. The maximum Gasteiger partial charge on any atom is 0.120 e. The van der Waals surface area contributed by atoms with Crippen molar-refractivity contribution in [2.75, 3.05) is 0 Å². The fourth-order valence-corrected chi connectivity index (χ4v) is 1.47. The minimum atomic E-state index is 0.288. The summed E-state index contributed by atoms with van der Waals surface area (Å²) in [5.41, 5.74) is 0.288. The zero-order valence-corrected chi connectivity index (χ0v) is 8.89. The van der Waals surface area contributed by atoms with Gasteiger partial charge in [-0.3, -0.25) is 0 Å². The highest BCUT2D eigenvalue weighted by molar-refractivity contribution is 5.49. The molecule has 1 nitrogen and oxygen atoms in total. The highest BCUT2D eigenvalue weighted by Crippen LogP contribution is 2.31. The lowest BCUT2D eigenvalue weighted by atomic mass is 9.76. The molecule has 12 heavy (non-hydrogen) atoms. The molecule has 0 bridgehead atoms. The highest BCUT2D eigenvalue weighted by atomic mass is 16.1. The molecule has 1 unspecified atom stereocenters. The van der Waals surface area contributed by atoms with Crippen LogP contribution in [0.5, 0.6) is 0 Å². The van der Waals surface area contributed by atoms with Crippen molar-refractivity contribution in [1.82, 2.24) is 0 Å². The van der Waals surface area contributed by atoms with Crippen LogP contribution in [-0.4, -0.2) is 6.29 Å². The van der Waals surface area contributed by atoms with Crippen LogP contribution in [0.15, 0.2) is 0 Å². The number of hydrogen-bond donors (Lipinski definition) is 0. The first-order chi connectivity index (χ1) is 5.52. The van der Waals surface area contributed by atoms with E-state index >= 15 is 0 Å². The normalized spacial score (nSPS) is 14.3. The predicted octanol–water partition coefficient (Wildman–Crippen LogP) is 3.43. The van der Waals surface area contributed by atoms with Gasteiger partial charge >= 0.3 is 0 Å². The van der Waals surface area contributed by atoms with Gasteiger partial charge in [-0.1, -0.05) is 40.5 Å². The quantitative estimate of drug-likeness (QED) is 0.578. The van der Waals surface area contributed by atoms with Gasteiger partial charge in [0.2, 0.25) is 0 Å². The molecule has 1 atom stereocenters. The third-order valence-corrected chi connectivity index (χ3v) is 2.51. The van der Waals surface area contributed by atoms with Crippen molar-refractivity contribution in [2.45, 2.75) is 53.4 Å². The van der Waals surface area contributed by atoms with Gasteiger partial charge in [0.05, 0.1) is 0 Å². The minimum absolute atomic E-state index is 0.288. The molecule has 1 heteroatoms. The molecular formula is C11H22O. The van der Waals surface area contributed by atoms with Gasteiger partial charge in [0.25, 0.3) is 0 Å². The second-order valence-corrected chi connectivity index (χ2v) is 4.61. The maximum absolute atomic E-state index is 10.4. The molecule has 0 saturated heterocycles. The molecule has 0 aliphatic carbocycles. The van der Waals surface area contributed by atoms with Gasteiger partial charge in [-0.15, -0.1) is 0 Å². The van der Waals surface area contributed by atoms with E-state index in [2.05, 4.69) is 27.7 Å². The lowest BCUT2D eigenvalue weighted by Crippen LogP contribution is -2.20. The summed E-state index contributed by atoms with van der Waals surface area (Å²) in [6.07, 6.45) is 5.45. The zero-order chi connectivity index (χ0) is 9.61. The minimum Gasteiger partial charge on any atom is -0.303 e. The van der Waals surface area contributed by atoms with Crippen LogP contribution in [0.4, 0.5) is 0 Å². The summed E-state index contributed by atoms with van der Waals surface area (Å²) in [6, 6.07) is 0. The van der Waals surface area contributed by atoms with Crippen LogP contribution < -0.4 is 0 Å². The molecule has 0 aromatic carbocycles. The molecule has 0 fully saturated rings. The van der Waals surface area contributed by atoms with E-state index in [1.165, 1.54) is 19.3 Å². The molecule has 0 heterocycles. The van der Waals surface area contributed by atoms with E-state index in [1.807, 2.05) is 0 Å². The number of unbranched alkanes of at least 4 members (excludes halogenated alkanes) is 1. The summed E-state index contributed by atoms with van der Waals surface area (Å²) >= 11 is 0. The number of aldehydes is 1. The van der Waals surface area contributed by atoms with Crippen LogP contribution >= 0.6 is 0 Å². The first-order valence-corrected chi connectivity index (χ1v) is 4.96. The average molecular weight is 170 g/mol. The van der Waals surface area contributed by atoms with E-state index in [-0.39, 0.29) is 5.41 Å². The number of carbonyl (C=O) groups excluding carboxylic acids is 1. The molecule has 0 N–H and O–H groups in total. The van der Waals surface area contributed by atoms with Gasteiger partial charge in [-0.25, -0.2) is 0 Å². The van der Waals surface area contributed by atoms with E-state index in [0.29, 0.717) is 5.92 Å². The second-order valence-electron chi connectivity index (χ2n) is 4.61. The Morgan fingerprint density at radius 3 is 2.25 bits per heavy atom. The summed E-state index contributed by atoms with van der Waals surface area (Å²) in [5, 5.41) is 0. The standard InChI is InChI=1S/C11H22O/c1-5-6-7-10(8-9-12)11(2,3)4/h9-10H,5-8H2,1-4H3. The molecule has 0 aliphatic rings. The van der Waals surface area contributed by atoms with Gasteiger partial charge in [0.15, 0.2) is 0 Å². The highest BCUT2D eigenvalue weighted by Gasteiger charge is 2.22. The fraction of sp³-hybridized carbons (Fsp3) is 0.909. The Morgan fingerprint density at radius 1 is 1.33 bits per heavy atom. The Kier molecular flexibility index (Phi) is 5.19.